The lowest BCUT2D eigenvalue weighted by Gasteiger charge is -2.18. The second-order valence-corrected chi connectivity index (χ2v) is 8.10. The molecule has 152 valence electrons. The van der Waals surface area contributed by atoms with Gasteiger partial charge in [0.2, 0.25) is 0 Å². The van der Waals surface area contributed by atoms with Crippen LogP contribution in [0.25, 0.3) is 6.08 Å². The Labute approximate surface area is 172 Å². The van der Waals surface area contributed by atoms with Crippen LogP contribution in [0.1, 0.15) is 74.1 Å². The first-order chi connectivity index (χ1) is 13.6. The molecule has 0 fully saturated rings. The Balaban J connectivity index is 1.83. The highest BCUT2D eigenvalue weighted by molar-refractivity contribution is 5.48. The molecule has 1 atom stereocenters. The molecular weight excluding hydrogens is 340 g/mol. The second-order valence-electron chi connectivity index (χ2n) is 8.10. The molecule has 1 heteroatoms. The van der Waals surface area contributed by atoms with Crippen LogP contribution in [0.5, 0.6) is 5.75 Å². The summed E-state index contributed by atoms with van der Waals surface area (Å²) in [4.78, 5) is 0. The Morgan fingerprint density at radius 3 is 2.32 bits per heavy atom. The van der Waals surface area contributed by atoms with Crippen LogP contribution in [0.2, 0.25) is 0 Å². The first-order valence-electron chi connectivity index (χ1n) is 11.0. The van der Waals surface area contributed by atoms with Crippen LogP contribution in [-0.4, -0.2) is 6.61 Å². The zero-order valence-corrected chi connectivity index (χ0v) is 18.2. The molecule has 0 heterocycles. The van der Waals surface area contributed by atoms with Crippen LogP contribution in [0, 0.1) is 19.8 Å². The fourth-order valence-electron chi connectivity index (χ4n) is 3.73. The van der Waals surface area contributed by atoms with E-state index in [4.69, 9.17) is 4.74 Å². The average Bonchev–Trinajstić information content (AvgIpc) is 2.71. The lowest BCUT2D eigenvalue weighted by molar-refractivity contribution is 0.286. The molecule has 2 aromatic carbocycles. The van der Waals surface area contributed by atoms with Crippen LogP contribution in [0.3, 0.4) is 0 Å². The number of hydrogen-bond acceptors (Lipinski definition) is 1. The van der Waals surface area contributed by atoms with Crippen molar-refractivity contribution in [2.75, 3.05) is 6.61 Å². The van der Waals surface area contributed by atoms with E-state index in [1.165, 1.54) is 61.6 Å². The fourth-order valence-corrected chi connectivity index (χ4v) is 3.73. The van der Waals surface area contributed by atoms with Gasteiger partial charge >= 0.3 is 0 Å². The van der Waals surface area contributed by atoms with Gasteiger partial charge in [-0.25, -0.2) is 0 Å². The molecule has 0 N–H and O–H groups in total. The molecule has 0 saturated heterocycles. The highest BCUT2D eigenvalue weighted by Crippen LogP contribution is 2.23. The lowest BCUT2D eigenvalue weighted by Crippen LogP contribution is -2.08. The summed E-state index contributed by atoms with van der Waals surface area (Å²) >= 11 is 0. The zero-order valence-electron chi connectivity index (χ0n) is 18.2. The van der Waals surface area contributed by atoms with E-state index in [2.05, 4.69) is 57.7 Å². The molecule has 0 spiro atoms. The molecule has 28 heavy (non-hydrogen) atoms. The Bertz CT molecular complexity index is 699. The Hall–Kier alpha value is -2.02. The standard InChI is InChI=1S/C27H38O/c1-5-7-8-9-11-25(21-26-14-13-22(3)23(4)20-26)12-10-19-28-27-17-15-24(6-2)16-18-27/h6,13-18,20,25H,2,5,7-12,19,21H2,1,3-4H3. The predicted octanol–water partition coefficient (Wildman–Crippen LogP) is 7.93. The van der Waals surface area contributed by atoms with Gasteiger partial charge in [-0.05, 0) is 73.4 Å². The minimum atomic E-state index is 0.755. The summed E-state index contributed by atoms with van der Waals surface area (Å²) in [6.45, 7) is 11.3. The molecule has 0 aliphatic carbocycles. The largest absolute Gasteiger partial charge is 0.494 e. The zero-order chi connectivity index (χ0) is 20.2. The number of hydrogen-bond donors (Lipinski definition) is 0. The molecule has 1 unspecified atom stereocenters. The smallest absolute Gasteiger partial charge is 0.119 e. The molecule has 0 saturated carbocycles. The Morgan fingerprint density at radius 1 is 0.893 bits per heavy atom. The van der Waals surface area contributed by atoms with Crippen molar-refractivity contribution in [2.24, 2.45) is 5.92 Å². The number of aryl methyl sites for hydroxylation is 2. The van der Waals surface area contributed by atoms with Crippen LogP contribution in [0.15, 0.2) is 49.0 Å². The maximum Gasteiger partial charge on any atom is 0.119 e. The van der Waals surface area contributed by atoms with E-state index in [0.29, 0.717) is 0 Å². The van der Waals surface area contributed by atoms with Crippen molar-refractivity contribution >= 4 is 6.08 Å². The summed E-state index contributed by atoms with van der Waals surface area (Å²) in [6.07, 6.45) is 12.1. The maximum absolute atomic E-state index is 5.95. The number of rotatable bonds is 13. The summed E-state index contributed by atoms with van der Waals surface area (Å²) in [6, 6.07) is 15.2. The van der Waals surface area contributed by atoms with Crippen molar-refractivity contribution in [3.63, 3.8) is 0 Å². The third kappa shape index (κ3) is 7.92. The first-order valence-corrected chi connectivity index (χ1v) is 11.0. The number of ether oxygens (including phenoxy) is 1. The van der Waals surface area contributed by atoms with Crippen molar-refractivity contribution in [1.82, 2.24) is 0 Å². The van der Waals surface area contributed by atoms with Crippen LogP contribution in [0.4, 0.5) is 0 Å². The summed E-state index contributed by atoms with van der Waals surface area (Å²) in [5.74, 6) is 1.71. The van der Waals surface area contributed by atoms with E-state index in [1.807, 2.05) is 18.2 Å². The van der Waals surface area contributed by atoms with Crippen molar-refractivity contribution in [3.8, 4) is 5.75 Å². The fraction of sp³-hybridized carbons (Fsp3) is 0.481. The number of unbranched alkanes of at least 4 members (excludes halogenated alkanes) is 3. The van der Waals surface area contributed by atoms with E-state index < -0.39 is 0 Å². The summed E-state index contributed by atoms with van der Waals surface area (Å²) in [5, 5.41) is 0. The summed E-state index contributed by atoms with van der Waals surface area (Å²) < 4.78 is 5.95. The molecule has 0 aromatic heterocycles. The number of benzene rings is 2. The predicted molar refractivity (Wildman–Crippen MR) is 123 cm³/mol. The quantitative estimate of drug-likeness (QED) is 0.321. The third-order valence-electron chi connectivity index (χ3n) is 5.70. The van der Waals surface area contributed by atoms with Gasteiger partial charge in [0.05, 0.1) is 6.61 Å². The van der Waals surface area contributed by atoms with E-state index in [-0.39, 0.29) is 0 Å². The van der Waals surface area contributed by atoms with Gasteiger partial charge in [0.25, 0.3) is 0 Å². The average molecular weight is 379 g/mol. The van der Waals surface area contributed by atoms with Gasteiger partial charge in [0.1, 0.15) is 5.75 Å². The molecule has 0 aliphatic rings. The van der Waals surface area contributed by atoms with Crippen molar-refractivity contribution in [3.05, 3.63) is 71.3 Å². The third-order valence-corrected chi connectivity index (χ3v) is 5.70. The highest BCUT2D eigenvalue weighted by atomic mass is 16.5. The Kier molecular flexibility index (Phi) is 9.90. The van der Waals surface area contributed by atoms with Gasteiger partial charge in [0.15, 0.2) is 0 Å². The van der Waals surface area contributed by atoms with Crippen molar-refractivity contribution < 1.29 is 4.74 Å². The molecule has 1 nitrogen and oxygen atoms in total. The highest BCUT2D eigenvalue weighted by Gasteiger charge is 2.11. The van der Waals surface area contributed by atoms with Crippen LogP contribution >= 0.6 is 0 Å². The molecule has 2 aromatic rings. The van der Waals surface area contributed by atoms with Crippen molar-refractivity contribution in [1.29, 1.82) is 0 Å². The Morgan fingerprint density at radius 2 is 1.64 bits per heavy atom. The molecule has 0 amide bonds. The topological polar surface area (TPSA) is 9.23 Å². The molecule has 0 radical (unpaired) electrons. The van der Waals surface area contributed by atoms with E-state index in [9.17, 15) is 0 Å². The molecular formula is C27H38O. The monoisotopic (exact) mass is 378 g/mol. The lowest BCUT2D eigenvalue weighted by atomic mass is 9.89. The van der Waals surface area contributed by atoms with Gasteiger partial charge in [0, 0.05) is 0 Å². The minimum absolute atomic E-state index is 0.755. The molecule has 0 aliphatic heterocycles. The van der Waals surface area contributed by atoms with E-state index in [1.54, 1.807) is 0 Å². The van der Waals surface area contributed by atoms with Gasteiger partial charge < -0.3 is 4.74 Å². The maximum atomic E-state index is 5.95. The van der Waals surface area contributed by atoms with Gasteiger partial charge in [-0.3, -0.25) is 0 Å². The first kappa shape index (κ1) is 22.3. The van der Waals surface area contributed by atoms with Crippen molar-refractivity contribution in [2.45, 2.75) is 72.1 Å². The summed E-state index contributed by atoms with van der Waals surface area (Å²) in [7, 11) is 0. The van der Waals surface area contributed by atoms with Gasteiger partial charge in [-0.15, -0.1) is 0 Å². The van der Waals surface area contributed by atoms with E-state index in [0.717, 1.165) is 30.3 Å². The van der Waals surface area contributed by atoms with Gasteiger partial charge in [-0.2, -0.15) is 0 Å². The van der Waals surface area contributed by atoms with Gasteiger partial charge in [-0.1, -0.05) is 82.0 Å². The van der Waals surface area contributed by atoms with E-state index >= 15 is 0 Å². The normalized spacial score (nSPS) is 12.0. The second kappa shape index (κ2) is 12.4. The SMILES string of the molecule is C=Cc1ccc(OCCCC(CCCCCC)Cc2ccc(C)c(C)c2)cc1. The molecule has 2 rings (SSSR count). The van der Waals surface area contributed by atoms with Crippen LogP contribution in [-0.2, 0) is 6.42 Å². The van der Waals surface area contributed by atoms with Crippen LogP contribution < -0.4 is 4.74 Å². The minimum Gasteiger partial charge on any atom is -0.494 e. The molecule has 0 bridgehead atoms. The summed E-state index contributed by atoms with van der Waals surface area (Å²) in [5.41, 5.74) is 5.42.